The van der Waals surface area contributed by atoms with Crippen molar-refractivity contribution in [3.63, 3.8) is 0 Å². The lowest BCUT2D eigenvalue weighted by molar-refractivity contribution is 0.244. The quantitative estimate of drug-likeness (QED) is 0.711. The van der Waals surface area contributed by atoms with Crippen LogP contribution in [0.15, 0.2) is 60.8 Å². The van der Waals surface area contributed by atoms with Gasteiger partial charge in [0.15, 0.2) is 5.82 Å². The molecule has 122 valence electrons. The van der Waals surface area contributed by atoms with Crippen LogP contribution in [0.25, 0.3) is 0 Å². The van der Waals surface area contributed by atoms with Gasteiger partial charge in [0.25, 0.3) is 0 Å². The van der Waals surface area contributed by atoms with E-state index in [1.165, 1.54) is 0 Å². The molecule has 24 heavy (non-hydrogen) atoms. The zero-order chi connectivity index (χ0) is 16.8. The van der Waals surface area contributed by atoms with Gasteiger partial charge < -0.3 is 15.4 Å². The molecule has 6 nitrogen and oxygen atoms in total. The average molecular weight is 321 g/mol. The minimum absolute atomic E-state index is 0.0896. The number of benzene rings is 2. The van der Waals surface area contributed by atoms with Gasteiger partial charge in [0.1, 0.15) is 5.75 Å². The third-order valence-electron chi connectivity index (χ3n) is 3.10. The normalized spacial score (nSPS) is 10.5. The zero-order valence-corrected chi connectivity index (χ0v) is 13.6. The van der Waals surface area contributed by atoms with Crippen LogP contribution in [-0.2, 0) is 0 Å². The first-order chi connectivity index (χ1) is 11.7. The van der Waals surface area contributed by atoms with Crippen LogP contribution in [0.5, 0.6) is 5.75 Å². The second-order valence-corrected chi connectivity index (χ2v) is 5.44. The molecule has 0 atom stereocenters. The van der Waals surface area contributed by atoms with Crippen LogP contribution in [0.3, 0.4) is 0 Å². The van der Waals surface area contributed by atoms with E-state index < -0.39 is 0 Å². The van der Waals surface area contributed by atoms with Gasteiger partial charge in [0.2, 0.25) is 5.95 Å². The Bertz CT molecular complexity index is 792. The van der Waals surface area contributed by atoms with Crippen LogP contribution >= 0.6 is 0 Å². The summed E-state index contributed by atoms with van der Waals surface area (Å²) in [5.74, 6) is 1.78. The number of aromatic nitrogens is 3. The maximum absolute atomic E-state index is 5.80. The number of anilines is 4. The molecule has 0 bridgehead atoms. The molecule has 2 N–H and O–H groups in total. The molecule has 0 unspecified atom stereocenters. The maximum Gasteiger partial charge on any atom is 0.249 e. The van der Waals surface area contributed by atoms with Gasteiger partial charge >= 0.3 is 0 Å². The van der Waals surface area contributed by atoms with Crippen LogP contribution in [0.2, 0.25) is 0 Å². The van der Waals surface area contributed by atoms with Gasteiger partial charge in [-0.3, -0.25) is 0 Å². The molecule has 1 heterocycles. The third kappa shape index (κ3) is 4.19. The Morgan fingerprint density at radius 3 is 2.46 bits per heavy atom. The minimum Gasteiger partial charge on any atom is -0.489 e. The van der Waals surface area contributed by atoms with Crippen LogP contribution in [0.1, 0.15) is 13.8 Å². The maximum atomic E-state index is 5.80. The van der Waals surface area contributed by atoms with Crippen molar-refractivity contribution in [2.45, 2.75) is 20.0 Å². The summed E-state index contributed by atoms with van der Waals surface area (Å²) in [4.78, 5) is 4.43. The molecule has 0 spiro atoms. The number of rotatable bonds is 6. The van der Waals surface area contributed by atoms with Gasteiger partial charge in [-0.2, -0.15) is 10.1 Å². The predicted molar refractivity (Wildman–Crippen MR) is 95.0 cm³/mol. The highest BCUT2D eigenvalue weighted by molar-refractivity contribution is 5.64. The smallest absolute Gasteiger partial charge is 0.249 e. The molecular weight excluding hydrogens is 302 g/mol. The Balaban J connectivity index is 1.78. The van der Waals surface area contributed by atoms with Gasteiger partial charge in [-0.05, 0) is 38.1 Å². The van der Waals surface area contributed by atoms with Crippen molar-refractivity contribution in [2.75, 3.05) is 10.6 Å². The first kappa shape index (κ1) is 15.7. The number of nitrogens with one attached hydrogen (secondary N) is 2. The molecular formula is C18H19N5O. The van der Waals surface area contributed by atoms with E-state index in [9.17, 15) is 0 Å². The molecule has 0 aliphatic carbocycles. The molecule has 3 rings (SSSR count). The Morgan fingerprint density at radius 1 is 0.917 bits per heavy atom. The van der Waals surface area contributed by atoms with Gasteiger partial charge in [-0.1, -0.05) is 30.3 Å². The topological polar surface area (TPSA) is 72.0 Å². The molecule has 1 aromatic heterocycles. The number of nitrogens with zero attached hydrogens (tertiary/aromatic N) is 3. The third-order valence-corrected chi connectivity index (χ3v) is 3.10. The largest absolute Gasteiger partial charge is 0.489 e. The molecule has 0 saturated carbocycles. The number of para-hydroxylation sites is 3. The van der Waals surface area contributed by atoms with Gasteiger partial charge in [0, 0.05) is 5.69 Å². The van der Waals surface area contributed by atoms with Crippen molar-refractivity contribution in [3.05, 3.63) is 60.8 Å². The monoisotopic (exact) mass is 321 g/mol. The van der Waals surface area contributed by atoms with E-state index in [1.54, 1.807) is 6.20 Å². The molecule has 6 heteroatoms. The van der Waals surface area contributed by atoms with Gasteiger partial charge in [0.05, 0.1) is 18.0 Å². The minimum atomic E-state index is 0.0896. The van der Waals surface area contributed by atoms with Crippen molar-refractivity contribution in [1.29, 1.82) is 0 Å². The molecule has 0 fully saturated rings. The van der Waals surface area contributed by atoms with E-state index in [2.05, 4.69) is 25.8 Å². The summed E-state index contributed by atoms with van der Waals surface area (Å²) >= 11 is 0. The van der Waals surface area contributed by atoms with E-state index in [0.29, 0.717) is 11.8 Å². The second-order valence-electron chi connectivity index (χ2n) is 5.44. The first-order valence-corrected chi connectivity index (χ1v) is 7.75. The van der Waals surface area contributed by atoms with Crippen molar-refractivity contribution >= 4 is 23.1 Å². The number of hydrogen-bond donors (Lipinski definition) is 2. The fourth-order valence-corrected chi connectivity index (χ4v) is 2.13. The van der Waals surface area contributed by atoms with Crippen LogP contribution in [0, 0.1) is 0 Å². The van der Waals surface area contributed by atoms with E-state index >= 15 is 0 Å². The lowest BCUT2D eigenvalue weighted by atomic mass is 10.3. The lowest BCUT2D eigenvalue weighted by Crippen LogP contribution is -2.08. The van der Waals surface area contributed by atoms with E-state index in [4.69, 9.17) is 4.74 Å². The molecule has 3 aromatic rings. The Hall–Kier alpha value is -3.15. The van der Waals surface area contributed by atoms with Crippen molar-refractivity contribution in [3.8, 4) is 5.75 Å². The molecule has 0 saturated heterocycles. The highest BCUT2D eigenvalue weighted by Crippen LogP contribution is 2.27. The fourth-order valence-electron chi connectivity index (χ4n) is 2.13. The molecule has 0 aliphatic rings. The lowest BCUT2D eigenvalue weighted by Gasteiger charge is -2.15. The summed E-state index contributed by atoms with van der Waals surface area (Å²) in [5.41, 5.74) is 1.73. The summed E-state index contributed by atoms with van der Waals surface area (Å²) in [5, 5.41) is 14.3. The van der Waals surface area contributed by atoms with Gasteiger partial charge in [-0.25, -0.2) is 0 Å². The zero-order valence-electron chi connectivity index (χ0n) is 13.6. The second kappa shape index (κ2) is 7.41. The fraction of sp³-hybridized carbons (Fsp3) is 0.167. The summed E-state index contributed by atoms with van der Waals surface area (Å²) in [6.07, 6.45) is 1.66. The van der Waals surface area contributed by atoms with Crippen molar-refractivity contribution in [2.24, 2.45) is 0 Å². The predicted octanol–water partition coefficient (Wildman–Crippen LogP) is 4.15. The Kier molecular flexibility index (Phi) is 4.86. The highest BCUT2D eigenvalue weighted by atomic mass is 16.5. The summed E-state index contributed by atoms with van der Waals surface area (Å²) in [6.45, 7) is 3.98. The molecule has 0 radical (unpaired) electrons. The van der Waals surface area contributed by atoms with Crippen molar-refractivity contribution in [1.82, 2.24) is 15.2 Å². The van der Waals surface area contributed by atoms with E-state index in [1.807, 2.05) is 68.4 Å². The summed E-state index contributed by atoms with van der Waals surface area (Å²) < 4.78 is 5.80. The van der Waals surface area contributed by atoms with Gasteiger partial charge in [-0.15, -0.1) is 5.10 Å². The average Bonchev–Trinajstić information content (AvgIpc) is 2.57. The van der Waals surface area contributed by atoms with Crippen LogP contribution in [-0.4, -0.2) is 21.3 Å². The number of ether oxygens (including phenoxy) is 1. The number of hydrogen-bond acceptors (Lipinski definition) is 6. The summed E-state index contributed by atoms with van der Waals surface area (Å²) in [6, 6.07) is 17.4. The first-order valence-electron chi connectivity index (χ1n) is 7.75. The summed E-state index contributed by atoms with van der Waals surface area (Å²) in [7, 11) is 0. The SMILES string of the molecule is CC(C)Oc1ccccc1Nc1cnnc(Nc2ccccc2)n1. The Labute approximate surface area is 140 Å². The molecule has 0 amide bonds. The molecule has 0 aliphatic heterocycles. The van der Waals surface area contributed by atoms with E-state index in [-0.39, 0.29) is 6.10 Å². The highest BCUT2D eigenvalue weighted by Gasteiger charge is 2.07. The Morgan fingerprint density at radius 2 is 1.67 bits per heavy atom. The van der Waals surface area contributed by atoms with E-state index in [0.717, 1.165) is 17.1 Å². The molecule has 2 aromatic carbocycles. The van der Waals surface area contributed by atoms with Crippen molar-refractivity contribution < 1.29 is 4.74 Å². The standard InChI is InChI=1S/C18H19N5O/c1-13(2)24-16-11-7-6-10-15(16)21-17-12-19-23-18(22-17)20-14-8-4-3-5-9-14/h3-13H,1-2H3,(H2,20,21,22,23). The van der Waals surface area contributed by atoms with Crippen LogP contribution in [0.4, 0.5) is 23.1 Å². The van der Waals surface area contributed by atoms with Crippen LogP contribution < -0.4 is 15.4 Å².